The predicted molar refractivity (Wildman–Crippen MR) is 109 cm³/mol. The first kappa shape index (κ1) is 20.8. The lowest BCUT2D eigenvalue weighted by Crippen LogP contribution is -2.46. The molecule has 0 unspecified atom stereocenters. The number of halogens is 1. The molecule has 2 aliphatic rings. The lowest BCUT2D eigenvalue weighted by Gasteiger charge is -2.23. The van der Waals surface area contributed by atoms with Crippen LogP contribution < -0.4 is 15.4 Å². The van der Waals surface area contributed by atoms with Gasteiger partial charge < -0.3 is 20.1 Å². The van der Waals surface area contributed by atoms with Crippen molar-refractivity contribution in [2.75, 3.05) is 19.7 Å². The number of nitrogens with one attached hydrogen (secondary N) is 2. The Labute approximate surface area is 179 Å². The van der Waals surface area contributed by atoms with Gasteiger partial charge in [-0.25, -0.2) is 4.39 Å². The van der Waals surface area contributed by atoms with Gasteiger partial charge in [0.05, 0.1) is 17.7 Å². The highest BCUT2D eigenvalue weighted by molar-refractivity contribution is 5.82. The molecule has 0 bridgehead atoms. The largest absolute Gasteiger partial charge is 0.488 e. The number of rotatable bonds is 4. The summed E-state index contributed by atoms with van der Waals surface area (Å²) in [6, 6.07) is 11.3. The average Bonchev–Trinajstić information content (AvgIpc) is 3.08. The first-order chi connectivity index (χ1) is 15.1. The molecule has 31 heavy (non-hydrogen) atoms. The van der Waals surface area contributed by atoms with Crippen LogP contribution in [0.4, 0.5) is 4.39 Å². The minimum absolute atomic E-state index is 0.00401. The molecular weight excluding hydrogens is 399 g/mol. The molecule has 2 N–H and O–H groups in total. The standard InChI is InChI=1S/C23H21FN4O3/c24-20-9-19-18-6-14(10-25)2-3-15(18)13-31-21(19)8-16(20)7-17(11-26)28-23(29)22-12-27-4-1-5-30-22/h2-3,6,8-9,17,22,27H,1,4-5,7,12-13H2,(H,28,29)/t17-,22-/m0/s1. The van der Waals surface area contributed by atoms with Gasteiger partial charge in [-0.2, -0.15) is 10.5 Å². The van der Waals surface area contributed by atoms with E-state index in [-0.39, 0.29) is 12.0 Å². The van der Waals surface area contributed by atoms with Gasteiger partial charge in [-0.1, -0.05) is 6.07 Å². The summed E-state index contributed by atoms with van der Waals surface area (Å²) < 4.78 is 26.2. The molecule has 1 saturated heterocycles. The van der Waals surface area contributed by atoms with E-state index in [0.717, 1.165) is 24.1 Å². The Hall–Kier alpha value is -3.46. The maximum Gasteiger partial charge on any atom is 0.251 e. The Morgan fingerprint density at radius 3 is 2.97 bits per heavy atom. The molecule has 2 aromatic rings. The number of hydrogen-bond acceptors (Lipinski definition) is 6. The van der Waals surface area contributed by atoms with E-state index < -0.39 is 23.9 Å². The molecule has 0 radical (unpaired) electrons. The van der Waals surface area contributed by atoms with Crippen LogP contribution in [-0.2, 0) is 22.6 Å². The summed E-state index contributed by atoms with van der Waals surface area (Å²) in [7, 11) is 0. The van der Waals surface area contributed by atoms with Crippen molar-refractivity contribution >= 4 is 5.91 Å². The molecule has 2 heterocycles. The fourth-order valence-electron chi connectivity index (χ4n) is 3.76. The minimum atomic E-state index is -0.909. The zero-order chi connectivity index (χ0) is 21.8. The van der Waals surface area contributed by atoms with Crippen LogP contribution in [0.2, 0.25) is 0 Å². The second-order valence-corrected chi connectivity index (χ2v) is 7.52. The minimum Gasteiger partial charge on any atom is -0.488 e. The van der Waals surface area contributed by atoms with Gasteiger partial charge in [-0.3, -0.25) is 4.79 Å². The van der Waals surface area contributed by atoms with Crippen LogP contribution in [0.3, 0.4) is 0 Å². The van der Waals surface area contributed by atoms with E-state index in [1.165, 1.54) is 6.07 Å². The third kappa shape index (κ3) is 4.51. The first-order valence-corrected chi connectivity index (χ1v) is 10.1. The third-order valence-corrected chi connectivity index (χ3v) is 5.40. The lowest BCUT2D eigenvalue weighted by molar-refractivity contribution is -0.132. The summed E-state index contributed by atoms with van der Waals surface area (Å²) in [6.07, 6.45) is 0.127. The molecule has 2 aliphatic heterocycles. The van der Waals surface area contributed by atoms with E-state index in [1.54, 1.807) is 24.3 Å². The Morgan fingerprint density at radius 2 is 2.16 bits per heavy atom. The molecule has 0 aliphatic carbocycles. The maximum atomic E-state index is 14.9. The molecular formula is C23H21FN4O3. The SMILES string of the molecule is N#Cc1ccc2c(c1)-c1cc(F)c(C[C@@H](C#N)NC(=O)[C@@H]3CNCCCO3)cc1OC2. The molecule has 0 spiro atoms. The van der Waals surface area contributed by atoms with Gasteiger partial charge in [0, 0.05) is 25.1 Å². The number of amides is 1. The summed E-state index contributed by atoms with van der Waals surface area (Å²) in [5.74, 6) is -0.411. The number of benzene rings is 2. The number of nitrogens with zero attached hydrogens (tertiary/aromatic N) is 2. The highest BCUT2D eigenvalue weighted by Crippen LogP contribution is 2.39. The van der Waals surface area contributed by atoms with Gasteiger partial charge in [0.1, 0.15) is 30.3 Å². The topological polar surface area (TPSA) is 107 Å². The first-order valence-electron chi connectivity index (χ1n) is 10.1. The molecule has 1 fully saturated rings. The fraction of sp³-hybridized carbons (Fsp3) is 0.348. The molecule has 1 amide bonds. The van der Waals surface area contributed by atoms with E-state index in [1.807, 2.05) is 6.07 Å². The van der Waals surface area contributed by atoms with Crippen molar-refractivity contribution in [2.24, 2.45) is 0 Å². The van der Waals surface area contributed by atoms with E-state index >= 15 is 0 Å². The molecule has 8 heteroatoms. The quantitative estimate of drug-likeness (QED) is 0.785. The number of hydrogen-bond donors (Lipinski definition) is 2. The van der Waals surface area contributed by atoms with Gasteiger partial charge in [-0.05, 0) is 53.9 Å². The van der Waals surface area contributed by atoms with Gasteiger partial charge in [0.25, 0.3) is 5.91 Å². The Morgan fingerprint density at radius 1 is 1.29 bits per heavy atom. The Bertz CT molecular complexity index is 1080. The number of nitriles is 2. The normalized spacial score (nSPS) is 18.2. The van der Waals surface area contributed by atoms with Crippen LogP contribution in [-0.4, -0.2) is 37.7 Å². The van der Waals surface area contributed by atoms with E-state index in [2.05, 4.69) is 16.7 Å². The van der Waals surface area contributed by atoms with Crippen LogP contribution in [0.1, 0.15) is 23.1 Å². The van der Waals surface area contributed by atoms with Crippen LogP contribution >= 0.6 is 0 Å². The van der Waals surface area contributed by atoms with Crippen molar-refractivity contribution in [3.8, 4) is 29.0 Å². The summed E-state index contributed by atoms with van der Waals surface area (Å²) in [4.78, 5) is 12.5. The zero-order valence-electron chi connectivity index (χ0n) is 16.8. The fourth-order valence-corrected chi connectivity index (χ4v) is 3.76. The van der Waals surface area contributed by atoms with Crippen LogP contribution in [0.15, 0.2) is 30.3 Å². The molecule has 2 aromatic carbocycles. The van der Waals surface area contributed by atoms with Gasteiger partial charge in [0.15, 0.2) is 0 Å². The maximum absolute atomic E-state index is 14.9. The van der Waals surface area contributed by atoms with Gasteiger partial charge >= 0.3 is 0 Å². The average molecular weight is 420 g/mol. The second-order valence-electron chi connectivity index (χ2n) is 7.52. The third-order valence-electron chi connectivity index (χ3n) is 5.40. The Balaban J connectivity index is 1.53. The van der Waals surface area contributed by atoms with E-state index in [4.69, 9.17) is 14.7 Å². The van der Waals surface area contributed by atoms with Crippen molar-refractivity contribution in [3.63, 3.8) is 0 Å². The van der Waals surface area contributed by atoms with Crippen LogP contribution in [0.25, 0.3) is 11.1 Å². The van der Waals surface area contributed by atoms with Crippen molar-refractivity contribution in [1.82, 2.24) is 10.6 Å². The molecule has 158 valence electrons. The highest BCUT2D eigenvalue weighted by atomic mass is 19.1. The summed E-state index contributed by atoms with van der Waals surface area (Å²) in [6.45, 7) is 1.91. The number of carbonyl (C=O) groups excluding carboxylic acids is 1. The summed E-state index contributed by atoms with van der Waals surface area (Å²) in [5, 5.41) is 24.4. The summed E-state index contributed by atoms with van der Waals surface area (Å²) in [5.41, 5.74) is 2.95. The number of carbonyl (C=O) groups is 1. The van der Waals surface area contributed by atoms with Gasteiger partial charge in [-0.15, -0.1) is 0 Å². The Kier molecular flexibility index (Phi) is 6.13. The van der Waals surface area contributed by atoms with Crippen molar-refractivity contribution in [2.45, 2.75) is 31.6 Å². The highest BCUT2D eigenvalue weighted by Gasteiger charge is 2.25. The number of fused-ring (bicyclic) bond motifs is 3. The zero-order valence-corrected chi connectivity index (χ0v) is 16.8. The molecule has 0 saturated carbocycles. The van der Waals surface area contributed by atoms with Crippen molar-refractivity contribution < 1.29 is 18.7 Å². The molecule has 4 rings (SSSR count). The van der Waals surface area contributed by atoms with Crippen LogP contribution in [0.5, 0.6) is 5.75 Å². The molecule has 7 nitrogen and oxygen atoms in total. The van der Waals surface area contributed by atoms with E-state index in [0.29, 0.717) is 36.6 Å². The van der Waals surface area contributed by atoms with Crippen molar-refractivity contribution in [3.05, 3.63) is 52.8 Å². The monoisotopic (exact) mass is 420 g/mol. The second kappa shape index (κ2) is 9.13. The van der Waals surface area contributed by atoms with Crippen LogP contribution in [0, 0.1) is 28.5 Å². The van der Waals surface area contributed by atoms with E-state index in [9.17, 15) is 14.4 Å². The molecule has 0 aromatic heterocycles. The van der Waals surface area contributed by atoms with Gasteiger partial charge in [0.2, 0.25) is 0 Å². The smallest absolute Gasteiger partial charge is 0.251 e. The number of ether oxygens (including phenoxy) is 2. The lowest BCUT2D eigenvalue weighted by atomic mass is 9.93. The summed E-state index contributed by atoms with van der Waals surface area (Å²) >= 11 is 0. The molecule has 2 atom stereocenters. The predicted octanol–water partition coefficient (Wildman–Crippen LogP) is 2.19. The van der Waals surface area contributed by atoms with Crippen molar-refractivity contribution in [1.29, 1.82) is 10.5 Å².